The van der Waals surface area contributed by atoms with E-state index in [0.29, 0.717) is 66.8 Å². The molecule has 0 amide bonds. The Hall–Kier alpha value is -3.29. The first kappa shape index (κ1) is 34.1. The van der Waals surface area contributed by atoms with Gasteiger partial charge in [0.15, 0.2) is 11.5 Å². The first-order chi connectivity index (χ1) is 22.1. The molecule has 0 bridgehead atoms. The van der Waals surface area contributed by atoms with Crippen LogP contribution in [0, 0.1) is 5.82 Å². The maximum absolute atomic E-state index is 13.7. The van der Waals surface area contributed by atoms with E-state index in [1.807, 2.05) is 37.8 Å². The molecule has 0 aliphatic carbocycles. The highest BCUT2D eigenvalue weighted by molar-refractivity contribution is 6.31. The smallest absolute Gasteiger partial charge is 0.320 e. The van der Waals surface area contributed by atoms with Crippen LogP contribution >= 0.6 is 11.6 Å². The van der Waals surface area contributed by atoms with Gasteiger partial charge < -0.3 is 29.4 Å². The summed E-state index contributed by atoms with van der Waals surface area (Å²) in [5, 5.41) is 13.5. The molecule has 0 unspecified atom stereocenters. The zero-order chi connectivity index (χ0) is 32.7. The van der Waals surface area contributed by atoms with E-state index >= 15 is 0 Å². The third-order valence-electron chi connectivity index (χ3n) is 7.94. The molecule has 13 heteroatoms. The van der Waals surface area contributed by atoms with Gasteiger partial charge in [-0.25, -0.2) is 14.4 Å². The van der Waals surface area contributed by atoms with Gasteiger partial charge >= 0.3 is 5.97 Å². The van der Waals surface area contributed by atoms with Crippen molar-refractivity contribution in [2.45, 2.75) is 57.8 Å². The second-order valence-corrected chi connectivity index (χ2v) is 13.0. The number of rotatable bonds is 13. The van der Waals surface area contributed by atoms with Crippen molar-refractivity contribution < 1.29 is 33.2 Å². The average molecular weight is 660 g/mol. The van der Waals surface area contributed by atoms with Gasteiger partial charge in [-0.2, -0.15) is 0 Å². The van der Waals surface area contributed by atoms with E-state index in [1.54, 1.807) is 6.07 Å². The number of aliphatic hydroxyl groups is 1. The molecule has 2 aliphatic heterocycles. The van der Waals surface area contributed by atoms with E-state index in [4.69, 9.17) is 30.5 Å². The standard InChI is InChI=1S/C33H43ClFN5O6/c1-33(2,3)46-31(42)19-40(11-13-41)23-6-9-39(10-7-23)12-15-44-29-17-25-28(18-30(29)45-24-8-14-43-20-24)36-21-37-32(25)38-22-4-5-27(35)26(34)16-22/h4-5,16-18,21,23-24,41H,6-15,19-20H2,1-3H3,(H,36,37,38)/t24-/m1/s1. The summed E-state index contributed by atoms with van der Waals surface area (Å²) in [4.78, 5) is 25.7. The predicted octanol–water partition coefficient (Wildman–Crippen LogP) is 4.81. The first-order valence-corrected chi connectivity index (χ1v) is 16.1. The highest BCUT2D eigenvalue weighted by Gasteiger charge is 2.28. The predicted molar refractivity (Wildman–Crippen MR) is 174 cm³/mol. The summed E-state index contributed by atoms with van der Waals surface area (Å²) < 4.78 is 37.4. The number of anilines is 2. The second kappa shape index (κ2) is 15.5. The lowest BCUT2D eigenvalue weighted by Crippen LogP contribution is -2.48. The number of benzene rings is 2. The number of ether oxygens (including phenoxy) is 4. The Balaban J connectivity index is 1.24. The number of hydrogen-bond donors (Lipinski definition) is 2. The molecular formula is C33H43ClFN5O6. The summed E-state index contributed by atoms with van der Waals surface area (Å²) in [5.41, 5.74) is 0.700. The number of hydrogen-bond acceptors (Lipinski definition) is 11. The van der Waals surface area contributed by atoms with Crippen molar-refractivity contribution in [3.8, 4) is 11.5 Å². The summed E-state index contributed by atoms with van der Waals surface area (Å²) in [6.45, 7) is 10.1. The molecule has 2 saturated heterocycles. The molecule has 3 heterocycles. The molecule has 0 radical (unpaired) electrons. The van der Waals surface area contributed by atoms with Gasteiger partial charge in [-0.15, -0.1) is 0 Å². The molecule has 3 aromatic rings. The molecule has 46 heavy (non-hydrogen) atoms. The number of esters is 1. The number of carbonyl (C=O) groups excluding carboxylic acids is 1. The van der Waals surface area contributed by atoms with Crippen LogP contribution in [0.15, 0.2) is 36.7 Å². The maximum atomic E-state index is 13.7. The van der Waals surface area contributed by atoms with Crippen LogP contribution in [0.5, 0.6) is 11.5 Å². The number of carbonyl (C=O) groups is 1. The average Bonchev–Trinajstić information content (AvgIpc) is 3.52. The molecule has 0 saturated carbocycles. The monoisotopic (exact) mass is 659 g/mol. The number of nitrogens with one attached hydrogen (secondary N) is 1. The summed E-state index contributed by atoms with van der Waals surface area (Å²) in [7, 11) is 0. The lowest BCUT2D eigenvalue weighted by molar-refractivity contribution is -0.157. The molecule has 2 aromatic carbocycles. The van der Waals surface area contributed by atoms with Crippen molar-refractivity contribution in [3.63, 3.8) is 0 Å². The van der Waals surface area contributed by atoms with Gasteiger partial charge in [0.1, 0.15) is 36.3 Å². The van der Waals surface area contributed by atoms with Crippen LogP contribution in [0.1, 0.15) is 40.0 Å². The normalized spacial score (nSPS) is 17.8. The van der Waals surface area contributed by atoms with Crippen molar-refractivity contribution in [3.05, 3.63) is 47.5 Å². The molecule has 2 aliphatic rings. The van der Waals surface area contributed by atoms with Gasteiger partial charge in [-0.05, 0) is 71.0 Å². The highest BCUT2D eigenvalue weighted by atomic mass is 35.5. The Bertz CT molecular complexity index is 1480. The fourth-order valence-electron chi connectivity index (χ4n) is 5.72. The maximum Gasteiger partial charge on any atom is 0.320 e. The van der Waals surface area contributed by atoms with Crippen LogP contribution in [0.2, 0.25) is 5.02 Å². The van der Waals surface area contributed by atoms with E-state index in [-0.39, 0.29) is 36.3 Å². The molecule has 2 fully saturated rings. The van der Waals surface area contributed by atoms with E-state index < -0.39 is 11.4 Å². The number of halogens is 2. The number of aromatic nitrogens is 2. The van der Waals surface area contributed by atoms with E-state index in [1.165, 1.54) is 18.5 Å². The molecule has 11 nitrogen and oxygen atoms in total. The largest absolute Gasteiger partial charge is 0.488 e. The van der Waals surface area contributed by atoms with Gasteiger partial charge in [0.25, 0.3) is 0 Å². The fourth-order valence-corrected chi connectivity index (χ4v) is 5.90. The van der Waals surface area contributed by atoms with Crippen molar-refractivity contribution >= 4 is 40.0 Å². The number of likely N-dealkylation sites (tertiary alicyclic amines) is 1. The Labute approximate surface area is 273 Å². The van der Waals surface area contributed by atoms with Crippen LogP contribution in [0.4, 0.5) is 15.9 Å². The molecule has 250 valence electrons. The zero-order valence-corrected chi connectivity index (χ0v) is 27.4. The number of piperidine rings is 1. The Morgan fingerprint density at radius 1 is 1.17 bits per heavy atom. The Kier molecular flexibility index (Phi) is 11.5. The number of fused-ring (bicyclic) bond motifs is 1. The van der Waals surface area contributed by atoms with Crippen molar-refractivity contribution in [2.24, 2.45) is 0 Å². The summed E-state index contributed by atoms with van der Waals surface area (Å²) in [5.74, 6) is 0.892. The third kappa shape index (κ3) is 9.38. The SMILES string of the molecule is CC(C)(C)OC(=O)CN(CCO)C1CCN(CCOc2cc3c(Nc4ccc(F)c(Cl)c4)ncnc3cc2O[C@@H]2CCOC2)CC1. The minimum Gasteiger partial charge on any atom is -0.488 e. The summed E-state index contributed by atoms with van der Waals surface area (Å²) >= 11 is 6.00. The van der Waals surface area contributed by atoms with Crippen molar-refractivity contribution in [2.75, 3.05) is 64.5 Å². The van der Waals surface area contributed by atoms with Crippen LogP contribution in [-0.4, -0.2) is 108 Å². The first-order valence-electron chi connectivity index (χ1n) is 15.7. The summed E-state index contributed by atoms with van der Waals surface area (Å²) in [6, 6.07) is 8.29. The zero-order valence-electron chi connectivity index (χ0n) is 26.6. The van der Waals surface area contributed by atoms with Crippen molar-refractivity contribution in [1.29, 1.82) is 0 Å². The van der Waals surface area contributed by atoms with Crippen LogP contribution < -0.4 is 14.8 Å². The van der Waals surface area contributed by atoms with Gasteiger partial charge in [0.2, 0.25) is 0 Å². The third-order valence-corrected chi connectivity index (χ3v) is 8.23. The lowest BCUT2D eigenvalue weighted by Gasteiger charge is -2.38. The molecule has 1 aromatic heterocycles. The van der Waals surface area contributed by atoms with Crippen LogP contribution in [0.3, 0.4) is 0 Å². The van der Waals surface area contributed by atoms with Gasteiger partial charge in [-0.1, -0.05) is 11.6 Å². The Morgan fingerprint density at radius 2 is 1.98 bits per heavy atom. The molecule has 5 rings (SSSR count). The van der Waals surface area contributed by atoms with E-state index in [0.717, 1.165) is 32.4 Å². The van der Waals surface area contributed by atoms with Gasteiger partial charge in [-0.3, -0.25) is 14.6 Å². The fraction of sp³-hybridized carbons (Fsp3) is 0.545. The highest BCUT2D eigenvalue weighted by Crippen LogP contribution is 2.36. The van der Waals surface area contributed by atoms with Gasteiger partial charge in [0, 0.05) is 42.7 Å². The molecule has 0 spiro atoms. The Morgan fingerprint density at radius 3 is 2.67 bits per heavy atom. The van der Waals surface area contributed by atoms with E-state index in [9.17, 15) is 14.3 Å². The number of nitrogens with zero attached hydrogens (tertiary/aromatic N) is 4. The molecular weight excluding hydrogens is 617 g/mol. The quantitative estimate of drug-likeness (QED) is 0.246. The summed E-state index contributed by atoms with van der Waals surface area (Å²) in [6.07, 6.45) is 3.90. The van der Waals surface area contributed by atoms with Gasteiger partial charge in [0.05, 0.1) is 36.9 Å². The topological polar surface area (TPSA) is 119 Å². The number of aliphatic hydroxyl groups excluding tert-OH is 1. The van der Waals surface area contributed by atoms with Crippen LogP contribution in [-0.2, 0) is 14.3 Å². The van der Waals surface area contributed by atoms with E-state index in [2.05, 4.69) is 20.2 Å². The second-order valence-electron chi connectivity index (χ2n) is 12.6. The molecule has 1 atom stereocenters. The lowest BCUT2D eigenvalue weighted by atomic mass is 10.0. The van der Waals surface area contributed by atoms with Crippen LogP contribution in [0.25, 0.3) is 10.9 Å². The molecule has 2 N–H and O–H groups in total. The van der Waals surface area contributed by atoms with Crippen molar-refractivity contribution in [1.82, 2.24) is 19.8 Å². The minimum atomic E-state index is -0.547. The minimum absolute atomic E-state index is 0.00929.